The lowest BCUT2D eigenvalue weighted by Gasteiger charge is -2.29. The van der Waals surface area contributed by atoms with Crippen LogP contribution in [0, 0.1) is 0 Å². The van der Waals surface area contributed by atoms with Gasteiger partial charge in [0.15, 0.2) is 0 Å². The highest BCUT2D eigenvalue weighted by Gasteiger charge is 2.33. The molecule has 0 spiro atoms. The van der Waals surface area contributed by atoms with Crippen LogP contribution in [0.15, 0.2) is 61.2 Å². The summed E-state index contributed by atoms with van der Waals surface area (Å²) in [6.45, 7) is 4.83. The molecule has 0 heterocycles. The quantitative estimate of drug-likeness (QED) is 0.423. The van der Waals surface area contributed by atoms with Crippen molar-refractivity contribution in [1.82, 2.24) is 0 Å². The highest BCUT2D eigenvalue weighted by atomic mass is 35.5. The molecular formula is C17H14Cl2O4. The monoisotopic (exact) mass is 352 g/mol. The van der Waals surface area contributed by atoms with Crippen molar-refractivity contribution in [2.45, 2.75) is 12.9 Å². The van der Waals surface area contributed by atoms with Gasteiger partial charge in [-0.15, -0.1) is 0 Å². The molecule has 0 atom stereocenters. The average molecular weight is 353 g/mol. The Kier molecular flexibility index (Phi) is 5.53. The number of halogens is 2. The van der Waals surface area contributed by atoms with Crippen molar-refractivity contribution in [2.24, 2.45) is 0 Å². The van der Waals surface area contributed by atoms with Gasteiger partial charge in [-0.3, -0.25) is 0 Å². The van der Waals surface area contributed by atoms with Gasteiger partial charge in [-0.2, -0.15) is 0 Å². The molecule has 0 aliphatic carbocycles. The lowest BCUT2D eigenvalue weighted by Crippen LogP contribution is -2.43. The molecule has 0 saturated heterocycles. The molecule has 0 aromatic heterocycles. The summed E-state index contributed by atoms with van der Waals surface area (Å²) in [5.41, 5.74) is 0. The van der Waals surface area contributed by atoms with Gasteiger partial charge in [0.1, 0.15) is 11.5 Å². The molecule has 0 saturated carbocycles. The molecule has 2 aromatic carbocycles. The Balaban J connectivity index is 2.23. The fraction of sp³-hybridized carbons (Fsp3) is 0.118. The first-order valence-corrected chi connectivity index (χ1v) is 7.40. The third kappa shape index (κ3) is 5.20. The van der Waals surface area contributed by atoms with Gasteiger partial charge >= 0.3 is 11.9 Å². The summed E-state index contributed by atoms with van der Waals surface area (Å²) < 4.78 is 16.5. The van der Waals surface area contributed by atoms with Crippen molar-refractivity contribution >= 4 is 29.2 Å². The number of hydrogen-bond donors (Lipinski definition) is 0. The molecule has 0 aliphatic heterocycles. The Morgan fingerprint density at radius 3 is 1.70 bits per heavy atom. The number of carbonyl (C=O) groups excluding carboxylic acids is 1. The number of carbonyl (C=O) groups is 1. The van der Waals surface area contributed by atoms with E-state index in [9.17, 15) is 4.79 Å². The first-order chi connectivity index (χ1) is 10.9. The molecule has 4 nitrogen and oxygen atoms in total. The topological polar surface area (TPSA) is 44.8 Å². The maximum atomic E-state index is 11.6. The van der Waals surface area contributed by atoms with E-state index in [2.05, 4.69) is 6.58 Å². The molecule has 0 radical (unpaired) electrons. The van der Waals surface area contributed by atoms with Crippen molar-refractivity contribution < 1.29 is 19.0 Å². The predicted molar refractivity (Wildman–Crippen MR) is 88.9 cm³/mol. The smallest absolute Gasteiger partial charge is 0.416 e. The second-order valence-corrected chi connectivity index (χ2v) is 5.47. The summed E-state index contributed by atoms with van der Waals surface area (Å²) in [6, 6.07) is 13.1. The normalized spacial score (nSPS) is 10.7. The number of rotatable bonds is 6. The zero-order valence-electron chi connectivity index (χ0n) is 12.3. The molecule has 0 bridgehead atoms. The molecule has 6 heteroatoms. The van der Waals surface area contributed by atoms with Gasteiger partial charge in [0.05, 0.1) is 6.92 Å². The number of hydrogen-bond acceptors (Lipinski definition) is 4. The van der Waals surface area contributed by atoms with Crippen LogP contribution in [0.1, 0.15) is 6.92 Å². The van der Waals surface area contributed by atoms with Crippen molar-refractivity contribution in [3.8, 4) is 11.5 Å². The van der Waals surface area contributed by atoms with E-state index < -0.39 is 11.9 Å². The first kappa shape index (κ1) is 17.2. The Hall–Kier alpha value is -2.17. The summed E-state index contributed by atoms with van der Waals surface area (Å²) in [5, 5.41) is 1.11. The van der Waals surface area contributed by atoms with E-state index in [0.29, 0.717) is 21.5 Å². The van der Waals surface area contributed by atoms with E-state index in [1.54, 1.807) is 48.5 Å². The zero-order valence-corrected chi connectivity index (χ0v) is 13.8. The van der Waals surface area contributed by atoms with Crippen molar-refractivity contribution in [2.75, 3.05) is 0 Å². The van der Waals surface area contributed by atoms with Gasteiger partial charge in [0.25, 0.3) is 0 Å². The van der Waals surface area contributed by atoms with Gasteiger partial charge in [-0.25, -0.2) is 4.79 Å². The largest absolute Gasteiger partial charge is 0.421 e. The maximum absolute atomic E-state index is 11.6. The lowest BCUT2D eigenvalue weighted by atomic mass is 10.3. The summed E-state index contributed by atoms with van der Waals surface area (Å²) in [6.07, 6.45) is 1.02. The van der Waals surface area contributed by atoms with E-state index in [1.807, 2.05) is 0 Å². The minimum atomic E-state index is -1.69. The van der Waals surface area contributed by atoms with Crippen molar-refractivity contribution in [3.05, 3.63) is 71.2 Å². The van der Waals surface area contributed by atoms with E-state index >= 15 is 0 Å². The molecule has 23 heavy (non-hydrogen) atoms. The van der Waals surface area contributed by atoms with Crippen molar-refractivity contribution in [1.29, 1.82) is 0 Å². The minimum absolute atomic E-state index is 0.419. The molecule has 120 valence electrons. The van der Waals surface area contributed by atoms with Gasteiger partial charge < -0.3 is 14.2 Å². The van der Waals surface area contributed by atoms with Crippen molar-refractivity contribution in [3.63, 3.8) is 0 Å². The molecule has 0 amide bonds. The van der Waals surface area contributed by atoms with Crippen LogP contribution in [0.25, 0.3) is 0 Å². The van der Waals surface area contributed by atoms with E-state index in [4.69, 9.17) is 37.4 Å². The Bertz CT molecular complexity index is 633. The van der Waals surface area contributed by atoms with E-state index in [-0.39, 0.29) is 0 Å². The van der Waals surface area contributed by atoms with Gasteiger partial charge in [-0.05, 0) is 48.5 Å². The number of benzene rings is 2. The number of esters is 1. The van der Waals surface area contributed by atoms with Crippen LogP contribution in [0.5, 0.6) is 11.5 Å². The van der Waals surface area contributed by atoms with E-state index in [0.717, 1.165) is 6.08 Å². The second-order valence-electron chi connectivity index (χ2n) is 4.60. The maximum Gasteiger partial charge on any atom is 0.416 e. The molecule has 2 aromatic rings. The Morgan fingerprint density at radius 2 is 1.35 bits per heavy atom. The van der Waals surface area contributed by atoms with Crippen LogP contribution >= 0.6 is 23.2 Å². The van der Waals surface area contributed by atoms with Crippen LogP contribution in [-0.4, -0.2) is 11.9 Å². The standard InChI is InChI=1S/C17H14Cl2O4/c1-3-16(20)23-17(2,21-14-8-4-12(18)5-9-14)22-15-10-6-13(19)7-11-15/h3-11H,1H2,2H3. The Labute approximate surface area is 144 Å². The zero-order chi connectivity index (χ0) is 16.9. The fourth-order valence-corrected chi connectivity index (χ4v) is 1.97. The minimum Gasteiger partial charge on any atom is -0.421 e. The molecule has 0 unspecified atom stereocenters. The summed E-state index contributed by atoms with van der Waals surface area (Å²) in [4.78, 5) is 11.6. The fourth-order valence-electron chi connectivity index (χ4n) is 1.72. The molecule has 2 rings (SSSR count). The molecule has 0 fully saturated rings. The van der Waals surface area contributed by atoms with Crippen LogP contribution in [0.3, 0.4) is 0 Å². The second kappa shape index (κ2) is 7.40. The van der Waals surface area contributed by atoms with Gasteiger partial charge in [0, 0.05) is 16.1 Å². The van der Waals surface area contributed by atoms with E-state index in [1.165, 1.54) is 6.92 Å². The Morgan fingerprint density at radius 1 is 0.957 bits per heavy atom. The lowest BCUT2D eigenvalue weighted by molar-refractivity contribution is -0.271. The first-order valence-electron chi connectivity index (χ1n) is 6.65. The summed E-state index contributed by atoms with van der Waals surface area (Å²) >= 11 is 11.7. The van der Waals surface area contributed by atoms with Gasteiger partial charge in [0.2, 0.25) is 0 Å². The highest BCUT2D eigenvalue weighted by Crippen LogP contribution is 2.26. The third-order valence-corrected chi connectivity index (χ3v) is 3.19. The van der Waals surface area contributed by atoms with Crippen LogP contribution in [0.2, 0.25) is 10.0 Å². The SMILES string of the molecule is C=CC(=O)OC(C)(Oc1ccc(Cl)cc1)Oc1ccc(Cl)cc1. The van der Waals surface area contributed by atoms with Crippen LogP contribution < -0.4 is 9.47 Å². The number of ether oxygens (including phenoxy) is 3. The van der Waals surface area contributed by atoms with Crippen LogP contribution in [0.4, 0.5) is 0 Å². The summed E-state index contributed by atoms with van der Waals surface area (Å²) in [7, 11) is 0. The van der Waals surface area contributed by atoms with Crippen LogP contribution in [-0.2, 0) is 9.53 Å². The highest BCUT2D eigenvalue weighted by molar-refractivity contribution is 6.30. The molecule has 0 N–H and O–H groups in total. The molecular weight excluding hydrogens is 339 g/mol. The molecule has 0 aliphatic rings. The average Bonchev–Trinajstić information content (AvgIpc) is 2.51. The third-order valence-electron chi connectivity index (χ3n) is 2.69. The summed E-state index contributed by atoms with van der Waals surface area (Å²) in [5.74, 6) is -1.53. The predicted octanol–water partition coefficient (Wildman–Crippen LogP) is 4.85. The van der Waals surface area contributed by atoms with Gasteiger partial charge in [-0.1, -0.05) is 29.8 Å².